The first-order valence-electron chi connectivity index (χ1n) is 6.49. The fourth-order valence-corrected chi connectivity index (χ4v) is 2.96. The molecule has 0 bridgehead atoms. The summed E-state index contributed by atoms with van der Waals surface area (Å²) in [5.41, 5.74) is 0.499. The number of hydrogen-bond donors (Lipinski definition) is 1. The summed E-state index contributed by atoms with van der Waals surface area (Å²) < 4.78 is 0.713. The Morgan fingerprint density at radius 3 is 2.60 bits per heavy atom. The lowest BCUT2D eigenvalue weighted by Gasteiger charge is -2.31. The Labute approximate surface area is 131 Å². The highest BCUT2D eigenvalue weighted by atomic mass is 79.9. The van der Waals surface area contributed by atoms with Gasteiger partial charge in [0.15, 0.2) is 0 Å². The zero-order chi connectivity index (χ0) is 14.7. The minimum Gasteiger partial charge on any atom is -0.359 e. The summed E-state index contributed by atoms with van der Waals surface area (Å²) >= 11 is 9.47. The number of hydrogen-bond acceptors (Lipinski definition) is 2. The third kappa shape index (κ3) is 3.15. The topological polar surface area (TPSA) is 49.4 Å². The van der Waals surface area contributed by atoms with Crippen molar-refractivity contribution in [2.75, 3.05) is 20.1 Å². The van der Waals surface area contributed by atoms with E-state index in [9.17, 15) is 9.59 Å². The lowest BCUT2D eigenvalue weighted by atomic mass is 9.95. The normalized spacial score (nSPS) is 16.1. The summed E-state index contributed by atoms with van der Waals surface area (Å²) in [5.74, 6) is -0.0220. The maximum atomic E-state index is 12.4. The largest absolute Gasteiger partial charge is 0.359 e. The van der Waals surface area contributed by atoms with Gasteiger partial charge in [0.2, 0.25) is 5.91 Å². The standard InChI is InChI=1S/C14H16BrClN2O2/c1-17-13(19)9-5-7-18(8-6-9)14(20)10-3-2-4-11(15)12(10)16/h2-4,9H,5-8H2,1H3,(H,17,19). The molecule has 0 aliphatic carbocycles. The van der Waals surface area contributed by atoms with Gasteiger partial charge in [-0.1, -0.05) is 17.7 Å². The van der Waals surface area contributed by atoms with Crippen LogP contribution in [0.5, 0.6) is 0 Å². The first-order chi connectivity index (χ1) is 9.54. The van der Waals surface area contributed by atoms with Crippen molar-refractivity contribution in [1.82, 2.24) is 10.2 Å². The van der Waals surface area contributed by atoms with Gasteiger partial charge in [-0.3, -0.25) is 9.59 Å². The Kier molecular flexibility index (Phi) is 5.05. The highest BCUT2D eigenvalue weighted by molar-refractivity contribution is 9.10. The van der Waals surface area contributed by atoms with E-state index in [-0.39, 0.29) is 17.7 Å². The van der Waals surface area contributed by atoms with Crippen molar-refractivity contribution in [3.8, 4) is 0 Å². The van der Waals surface area contributed by atoms with E-state index in [2.05, 4.69) is 21.2 Å². The molecule has 1 aliphatic heterocycles. The summed E-state index contributed by atoms with van der Waals surface area (Å²) in [6, 6.07) is 5.32. The Balaban J connectivity index is 2.05. The van der Waals surface area contributed by atoms with E-state index in [1.165, 1.54) is 0 Å². The van der Waals surface area contributed by atoms with E-state index in [1.54, 1.807) is 30.1 Å². The van der Waals surface area contributed by atoms with E-state index in [1.807, 2.05) is 0 Å². The summed E-state index contributed by atoms with van der Waals surface area (Å²) in [5, 5.41) is 3.09. The second-order valence-corrected chi connectivity index (χ2v) is 6.01. The van der Waals surface area contributed by atoms with Gasteiger partial charge in [-0.2, -0.15) is 0 Å². The number of likely N-dealkylation sites (tertiary alicyclic amines) is 1. The number of piperidine rings is 1. The lowest BCUT2D eigenvalue weighted by Crippen LogP contribution is -2.42. The fraction of sp³-hybridized carbons (Fsp3) is 0.429. The molecular weight excluding hydrogens is 344 g/mol. The van der Waals surface area contributed by atoms with Gasteiger partial charge in [0.05, 0.1) is 10.6 Å². The van der Waals surface area contributed by atoms with Crippen LogP contribution in [0.25, 0.3) is 0 Å². The maximum Gasteiger partial charge on any atom is 0.255 e. The van der Waals surface area contributed by atoms with Crippen molar-refractivity contribution in [3.63, 3.8) is 0 Å². The van der Waals surface area contributed by atoms with E-state index in [4.69, 9.17) is 11.6 Å². The number of halogens is 2. The second-order valence-electron chi connectivity index (χ2n) is 4.78. The van der Waals surface area contributed by atoms with Gasteiger partial charge in [-0.15, -0.1) is 0 Å². The van der Waals surface area contributed by atoms with Crippen LogP contribution in [0.15, 0.2) is 22.7 Å². The van der Waals surface area contributed by atoms with Crippen LogP contribution in [0.3, 0.4) is 0 Å². The number of nitrogens with one attached hydrogen (secondary N) is 1. The lowest BCUT2D eigenvalue weighted by molar-refractivity contribution is -0.125. The second kappa shape index (κ2) is 6.59. The van der Waals surface area contributed by atoms with Crippen LogP contribution in [0.2, 0.25) is 5.02 Å². The predicted molar refractivity (Wildman–Crippen MR) is 81.8 cm³/mol. The molecule has 0 atom stereocenters. The molecule has 20 heavy (non-hydrogen) atoms. The van der Waals surface area contributed by atoms with Crippen LogP contribution in [-0.4, -0.2) is 36.9 Å². The molecule has 6 heteroatoms. The maximum absolute atomic E-state index is 12.4. The minimum absolute atomic E-state index is 0.00188. The van der Waals surface area contributed by atoms with Gasteiger partial charge in [-0.05, 0) is 40.9 Å². The molecule has 1 heterocycles. The Morgan fingerprint density at radius 1 is 1.35 bits per heavy atom. The van der Waals surface area contributed by atoms with Crippen molar-refractivity contribution in [1.29, 1.82) is 0 Å². The van der Waals surface area contributed by atoms with Crippen molar-refractivity contribution in [2.45, 2.75) is 12.8 Å². The van der Waals surface area contributed by atoms with Crippen LogP contribution in [-0.2, 0) is 4.79 Å². The molecular formula is C14H16BrClN2O2. The molecule has 1 fully saturated rings. The Morgan fingerprint density at radius 2 is 2.00 bits per heavy atom. The quantitative estimate of drug-likeness (QED) is 0.882. The van der Waals surface area contributed by atoms with Crippen LogP contribution in [0.4, 0.5) is 0 Å². The van der Waals surface area contributed by atoms with Gasteiger partial charge in [0.25, 0.3) is 5.91 Å². The third-order valence-corrected chi connectivity index (χ3v) is 4.88. The molecule has 0 unspecified atom stereocenters. The molecule has 2 rings (SSSR count). The molecule has 1 aliphatic rings. The van der Waals surface area contributed by atoms with Crippen molar-refractivity contribution in [2.24, 2.45) is 5.92 Å². The van der Waals surface area contributed by atoms with E-state index >= 15 is 0 Å². The molecule has 4 nitrogen and oxygen atoms in total. The zero-order valence-corrected chi connectivity index (χ0v) is 13.5. The van der Waals surface area contributed by atoms with Gasteiger partial charge < -0.3 is 10.2 Å². The Hall–Kier alpha value is -1.07. The molecule has 1 N–H and O–H groups in total. The van der Waals surface area contributed by atoms with Gasteiger partial charge in [0.1, 0.15) is 0 Å². The summed E-state index contributed by atoms with van der Waals surface area (Å²) in [4.78, 5) is 25.8. The predicted octanol–water partition coefficient (Wildman–Crippen LogP) is 2.70. The number of nitrogens with zero attached hydrogens (tertiary/aromatic N) is 1. The summed E-state index contributed by atoms with van der Waals surface area (Å²) in [6.45, 7) is 1.17. The molecule has 0 aromatic heterocycles. The SMILES string of the molecule is CNC(=O)C1CCN(C(=O)c2cccc(Br)c2Cl)CC1. The average molecular weight is 360 g/mol. The van der Waals surface area contributed by atoms with Crippen LogP contribution >= 0.6 is 27.5 Å². The van der Waals surface area contributed by atoms with E-state index in [0.717, 1.165) is 0 Å². The third-order valence-electron chi connectivity index (χ3n) is 3.58. The fourth-order valence-electron chi connectivity index (χ4n) is 2.39. The van der Waals surface area contributed by atoms with Crippen LogP contribution in [0, 0.1) is 5.92 Å². The molecule has 108 valence electrons. The Bertz CT molecular complexity index is 528. The van der Waals surface area contributed by atoms with E-state index < -0.39 is 0 Å². The summed E-state index contributed by atoms with van der Waals surface area (Å²) in [7, 11) is 1.64. The van der Waals surface area contributed by atoms with Gasteiger partial charge >= 0.3 is 0 Å². The molecule has 0 radical (unpaired) electrons. The number of carbonyl (C=O) groups excluding carboxylic acids is 2. The molecule has 0 saturated carbocycles. The molecule has 1 aromatic carbocycles. The van der Waals surface area contributed by atoms with Crippen LogP contribution in [0.1, 0.15) is 23.2 Å². The number of carbonyl (C=O) groups is 2. The van der Waals surface area contributed by atoms with Crippen LogP contribution < -0.4 is 5.32 Å². The van der Waals surface area contributed by atoms with Crippen molar-refractivity contribution < 1.29 is 9.59 Å². The number of amides is 2. The monoisotopic (exact) mass is 358 g/mol. The highest BCUT2D eigenvalue weighted by Gasteiger charge is 2.28. The number of rotatable bonds is 2. The molecule has 0 spiro atoms. The van der Waals surface area contributed by atoms with Crippen molar-refractivity contribution >= 4 is 39.3 Å². The average Bonchev–Trinajstić information content (AvgIpc) is 2.48. The van der Waals surface area contributed by atoms with Gasteiger partial charge in [-0.25, -0.2) is 0 Å². The molecule has 1 saturated heterocycles. The molecule has 2 amide bonds. The van der Waals surface area contributed by atoms with Gasteiger partial charge in [0, 0.05) is 30.5 Å². The summed E-state index contributed by atoms with van der Waals surface area (Å²) in [6.07, 6.45) is 1.38. The molecule has 1 aromatic rings. The highest BCUT2D eigenvalue weighted by Crippen LogP contribution is 2.28. The van der Waals surface area contributed by atoms with E-state index in [0.29, 0.717) is 41.0 Å². The van der Waals surface area contributed by atoms with Crippen molar-refractivity contribution in [3.05, 3.63) is 33.3 Å². The smallest absolute Gasteiger partial charge is 0.255 e. The minimum atomic E-state index is -0.0772. The first kappa shape index (κ1) is 15.3. The number of benzene rings is 1. The zero-order valence-electron chi connectivity index (χ0n) is 11.2. The first-order valence-corrected chi connectivity index (χ1v) is 7.66.